The van der Waals surface area contributed by atoms with Crippen LogP contribution in [0.3, 0.4) is 0 Å². The Hall–Kier alpha value is -2.43. The molecule has 0 saturated heterocycles. The Labute approximate surface area is 117 Å². The van der Waals surface area contributed by atoms with Crippen LogP contribution >= 0.6 is 0 Å². The van der Waals surface area contributed by atoms with Gasteiger partial charge in [0.1, 0.15) is 5.75 Å². The average Bonchev–Trinajstić information content (AvgIpc) is 2.39. The maximum absolute atomic E-state index is 10.8. The van der Waals surface area contributed by atoms with E-state index >= 15 is 0 Å². The third-order valence-corrected chi connectivity index (χ3v) is 2.59. The first-order valence-electron chi connectivity index (χ1n) is 6.35. The van der Waals surface area contributed by atoms with Crippen molar-refractivity contribution in [3.8, 4) is 17.0 Å². The molecule has 0 unspecified atom stereocenters. The van der Waals surface area contributed by atoms with Crippen LogP contribution in [0.15, 0.2) is 36.7 Å². The largest absolute Gasteiger partial charge is 0.491 e. The Kier molecular flexibility index (Phi) is 4.30. The second-order valence-electron chi connectivity index (χ2n) is 4.61. The van der Waals surface area contributed by atoms with Gasteiger partial charge in [-0.3, -0.25) is 14.8 Å². The van der Waals surface area contributed by atoms with Crippen molar-refractivity contribution in [2.45, 2.75) is 26.4 Å². The van der Waals surface area contributed by atoms with Gasteiger partial charge >= 0.3 is 5.97 Å². The summed E-state index contributed by atoms with van der Waals surface area (Å²) in [5, 5.41) is 8.89. The molecular formula is C15H16N2O3. The molecule has 1 N–H and O–H groups in total. The zero-order chi connectivity index (χ0) is 14.5. The van der Waals surface area contributed by atoms with Crippen LogP contribution in [-0.4, -0.2) is 27.1 Å². The highest BCUT2D eigenvalue weighted by atomic mass is 16.5. The maximum atomic E-state index is 10.8. The van der Waals surface area contributed by atoms with Crippen LogP contribution in [0.4, 0.5) is 0 Å². The van der Waals surface area contributed by atoms with E-state index in [1.807, 2.05) is 38.1 Å². The van der Waals surface area contributed by atoms with E-state index in [0.717, 1.165) is 11.3 Å². The summed E-state index contributed by atoms with van der Waals surface area (Å²) in [5.41, 5.74) is 1.87. The number of carbonyl (C=O) groups is 1. The zero-order valence-corrected chi connectivity index (χ0v) is 11.4. The van der Waals surface area contributed by atoms with Crippen LogP contribution in [0.25, 0.3) is 11.3 Å². The molecule has 0 bridgehead atoms. The molecule has 1 aromatic heterocycles. The molecule has 0 amide bonds. The fraction of sp³-hybridized carbons (Fsp3) is 0.267. The smallest absolute Gasteiger partial charge is 0.309 e. The highest BCUT2D eigenvalue weighted by molar-refractivity contribution is 5.73. The lowest BCUT2D eigenvalue weighted by atomic mass is 10.1. The number of aliphatic carboxylic acids is 1. The van der Waals surface area contributed by atoms with Gasteiger partial charge in [-0.05, 0) is 38.1 Å². The van der Waals surface area contributed by atoms with E-state index in [9.17, 15) is 4.79 Å². The van der Waals surface area contributed by atoms with Crippen molar-refractivity contribution in [2.24, 2.45) is 0 Å². The highest BCUT2D eigenvalue weighted by Crippen LogP contribution is 2.23. The predicted molar refractivity (Wildman–Crippen MR) is 74.6 cm³/mol. The number of ether oxygens (including phenoxy) is 1. The van der Waals surface area contributed by atoms with Crippen LogP contribution in [-0.2, 0) is 11.2 Å². The molecule has 1 aromatic carbocycles. The van der Waals surface area contributed by atoms with E-state index in [1.54, 1.807) is 6.20 Å². The Bertz CT molecular complexity index is 594. The monoisotopic (exact) mass is 272 g/mol. The van der Waals surface area contributed by atoms with Gasteiger partial charge in [0.25, 0.3) is 0 Å². The van der Waals surface area contributed by atoms with E-state index in [-0.39, 0.29) is 12.5 Å². The lowest BCUT2D eigenvalue weighted by Gasteiger charge is -2.10. The molecule has 0 spiro atoms. The number of hydrogen-bond donors (Lipinski definition) is 1. The lowest BCUT2D eigenvalue weighted by Crippen LogP contribution is -2.06. The topological polar surface area (TPSA) is 72.3 Å². The predicted octanol–water partition coefficient (Wildman–Crippen LogP) is 2.56. The number of benzene rings is 1. The summed E-state index contributed by atoms with van der Waals surface area (Å²) in [6, 6.07) is 7.39. The SMILES string of the molecule is CC(C)Oc1ccc(-c2nccnc2CC(=O)O)cc1. The fourth-order valence-corrected chi connectivity index (χ4v) is 1.84. The summed E-state index contributed by atoms with van der Waals surface area (Å²) in [4.78, 5) is 19.2. The van der Waals surface area contributed by atoms with Crippen molar-refractivity contribution in [1.29, 1.82) is 0 Å². The van der Waals surface area contributed by atoms with Crippen molar-refractivity contribution >= 4 is 5.97 Å². The molecule has 2 rings (SSSR count). The van der Waals surface area contributed by atoms with Crippen LogP contribution in [0, 0.1) is 0 Å². The van der Waals surface area contributed by atoms with Gasteiger partial charge in [0, 0.05) is 18.0 Å². The molecular weight excluding hydrogens is 256 g/mol. The Balaban J connectivity index is 2.29. The molecule has 0 radical (unpaired) electrons. The van der Waals surface area contributed by atoms with E-state index in [2.05, 4.69) is 9.97 Å². The molecule has 0 saturated carbocycles. The van der Waals surface area contributed by atoms with Gasteiger partial charge in [0.05, 0.1) is 23.9 Å². The Morgan fingerprint density at radius 1 is 1.20 bits per heavy atom. The first-order valence-corrected chi connectivity index (χ1v) is 6.35. The van der Waals surface area contributed by atoms with E-state index in [0.29, 0.717) is 11.4 Å². The van der Waals surface area contributed by atoms with Crippen molar-refractivity contribution in [3.05, 3.63) is 42.4 Å². The third-order valence-electron chi connectivity index (χ3n) is 2.59. The Morgan fingerprint density at radius 2 is 1.85 bits per heavy atom. The van der Waals surface area contributed by atoms with Gasteiger partial charge in [0.15, 0.2) is 0 Å². The highest BCUT2D eigenvalue weighted by Gasteiger charge is 2.11. The van der Waals surface area contributed by atoms with E-state index in [1.165, 1.54) is 6.20 Å². The van der Waals surface area contributed by atoms with Crippen molar-refractivity contribution in [2.75, 3.05) is 0 Å². The van der Waals surface area contributed by atoms with Crippen molar-refractivity contribution in [1.82, 2.24) is 9.97 Å². The Morgan fingerprint density at radius 3 is 2.45 bits per heavy atom. The van der Waals surface area contributed by atoms with Crippen molar-refractivity contribution < 1.29 is 14.6 Å². The summed E-state index contributed by atoms with van der Waals surface area (Å²) in [6.07, 6.45) is 3.02. The van der Waals surface area contributed by atoms with Crippen molar-refractivity contribution in [3.63, 3.8) is 0 Å². The lowest BCUT2D eigenvalue weighted by molar-refractivity contribution is -0.136. The van der Waals surface area contributed by atoms with Gasteiger partial charge in [-0.25, -0.2) is 0 Å². The number of hydrogen-bond acceptors (Lipinski definition) is 4. The molecule has 0 aliphatic carbocycles. The van der Waals surface area contributed by atoms with Gasteiger partial charge in [-0.1, -0.05) is 0 Å². The first-order chi connectivity index (χ1) is 9.56. The number of rotatable bonds is 5. The minimum Gasteiger partial charge on any atom is -0.491 e. The molecule has 5 heteroatoms. The number of nitrogens with zero attached hydrogens (tertiary/aromatic N) is 2. The molecule has 0 aliphatic heterocycles. The van der Waals surface area contributed by atoms with Gasteiger partial charge < -0.3 is 9.84 Å². The van der Waals surface area contributed by atoms with Crippen LogP contribution in [0.1, 0.15) is 19.5 Å². The third kappa shape index (κ3) is 3.54. The molecule has 1 heterocycles. The quantitative estimate of drug-likeness (QED) is 0.905. The summed E-state index contributed by atoms with van der Waals surface area (Å²) in [7, 11) is 0. The van der Waals surface area contributed by atoms with E-state index in [4.69, 9.17) is 9.84 Å². The van der Waals surface area contributed by atoms with Gasteiger partial charge in [-0.15, -0.1) is 0 Å². The first kappa shape index (κ1) is 14.0. The van der Waals surface area contributed by atoms with Crippen LogP contribution < -0.4 is 4.74 Å². The molecule has 20 heavy (non-hydrogen) atoms. The summed E-state index contributed by atoms with van der Waals surface area (Å²) in [5.74, 6) is -0.154. The number of carboxylic acid groups (broad SMARTS) is 1. The molecule has 0 aliphatic rings. The summed E-state index contributed by atoms with van der Waals surface area (Å²) < 4.78 is 5.57. The van der Waals surface area contributed by atoms with E-state index < -0.39 is 5.97 Å². The van der Waals surface area contributed by atoms with Crippen LogP contribution in [0.2, 0.25) is 0 Å². The zero-order valence-electron chi connectivity index (χ0n) is 11.4. The fourth-order valence-electron chi connectivity index (χ4n) is 1.84. The standard InChI is InChI=1S/C15H16N2O3/c1-10(2)20-12-5-3-11(4-6-12)15-13(9-14(18)19)16-7-8-17-15/h3-8,10H,9H2,1-2H3,(H,18,19). The minimum absolute atomic E-state index is 0.111. The number of aromatic nitrogens is 2. The van der Waals surface area contributed by atoms with Crippen LogP contribution in [0.5, 0.6) is 5.75 Å². The minimum atomic E-state index is -0.925. The molecule has 0 fully saturated rings. The molecule has 5 nitrogen and oxygen atoms in total. The normalized spacial score (nSPS) is 10.6. The van der Waals surface area contributed by atoms with Gasteiger partial charge in [-0.2, -0.15) is 0 Å². The van der Waals surface area contributed by atoms with Gasteiger partial charge in [0.2, 0.25) is 0 Å². The molecule has 104 valence electrons. The molecule has 0 atom stereocenters. The average molecular weight is 272 g/mol. The molecule has 2 aromatic rings. The summed E-state index contributed by atoms with van der Waals surface area (Å²) in [6.45, 7) is 3.92. The second-order valence-corrected chi connectivity index (χ2v) is 4.61. The second kappa shape index (κ2) is 6.14. The maximum Gasteiger partial charge on any atom is 0.309 e. The summed E-state index contributed by atoms with van der Waals surface area (Å²) >= 11 is 0. The number of carboxylic acids is 1.